The van der Waals surface area contributed by atoms with Gasteiger partial charge in [0.25, 0.3) is 11.6 Å². The third-order valence-electron chi connectivity index (χ3n) is 6.26. The van der Waals surface area contributed by atoms with E-state index in [1.165, 1.54) is 67.1 Å². The number of hydrazone groups is 1. The summed E-state index contributed by atoms with van der Waals surface area (Å²) in [6.07, 6.45) is 9.88. The van der Waals surface area contributed by atoms with Gasteiger partial charge in [0, 0.05) is 17.7 Å². The van der Waals surface area contributed by atoms with Crippen molar-refractivity contribution in [2.45, 2.75) is 44.9 Å². The first-order valence-corrected chi connectivity index (χ1v) is 12.1. The van der Waals surface area contributed by atoms with E-state index in [-0.39, 0.29) is 17.1 Å². The predicted octanol–water partition coefficient (Wildman–Crippen LogP) is 5.83. The first-order chi connectivity index (χ1) is 16.5. The smallest absolute Gasteiger partial charge is 0.283 e. The summed E-state index contributed by atoms with van der Waals surface area (Å²) < 4.78 is 5.80. The number of benzene rings is 1. The van der Waals surface area contributed by atoms with Crippen molar-refractivity contribution < 1.29 is 14.1 Å². The highest BCUT2D eigenvalue weighted by Crippen LogP contribution is 2.33. The standard InChI is InChI=1S/C24H23N5O4S/c25-22-19(14-18-11-12-20(33-18)16-7-9-17(10-8-16)29(31)32)23(30)26-24-28(22)27-21(34-24)13-6-15-4-2-1-3-5-15/h7-12,14-15,25H,1-6,13H2. The summed E-state index contributed by atoms with van der Waals surface area (Å²) in [7, 11) is 0. The number of hydrogen-bond donors (Lipinski definition) is 1. The minimum atomic E-state index is -0.499. The number of nitro groups is 1. The molecule has 1 aliphatic carbocycles. The number of nitro benzene ring substituents is 1. The lowest BCUT2D eigenvalue weighted by atomic mass is 9.86. The number of amidine groups is 2. The molecule has 0 bridgehead atoms. The number of carbonyl (C=O) groups is 1. The second-order valence-electron chi connectivity index (χ2n) is 8.56. The predicted molar refractivity (Wildman–Crippen MR) is 132 cm³/mol. The number of thioether (sulfide) groups is 1. The molecule has 1 aromatic heterocycles. The van der Waals surface area contributed by atoms with E-state index in [1.807, 2.05) is 0 Å². The molecular formula is C24H23N5O4S. The molecule has 5 rings (SSSR count). The fourth-order valence-corrected chi connectivity index (χ4v) is 5.31. The molecule has 1 amide bonds. The molecule has 1 aromatic carbocycles. The molecule has 0 unspecified atom stereocenters. The summed E-state index contributed by atoms with van der Waals surface area (Å²) in [4.78, 5) is 27.2. The molecule has 2 aliphatic heterocycles. The van der Waals surface area contributed by atoms with Gasteiger partial charge in [-0.2, -0.15) is 15.1 Å². The molecule has 1 N–H and O–H groups in total. The molecule has 10 heteroatoms. The molecule has 174 valence electrons. The van der Waals surface area contributed by atoms with Crippen LogP contribution in [0.15, 0.2) is 56.5 Å². The lowest BCUT2D eigenvalue weighted by Gasteiger charge is -2.20. The van der Waals surface area contributed by atoms with Gasteiger partial charge in [-0.1, -0.05) is 32.1 Å². The number of aliphatic imine (C=N–C) groups is 1. The van der Waals surface area contributed by atoms with Crippen molar-refractivity contribution in [3.8, 4) is 11.3 Å². The van der Waals surface area contributed by atoms with Gasteiger partial charge in [-0.3, -0.25) is 20.3 Å². The Bertz CT molecular complexity index is 1240. The molecule has 2 aromatic rings. The Morgan fingerprint density at radius 2 is 1.94 bits per heavy atom. The summed E-state index contributed by atoms with van der Waals surface area (Å²) in [5.41, 5.74) is 0.768. The van der Waals surface area contributed by atoms with Gasteiger partial charge in [0.1, 0.15) is 16.6 Å². The molecular weight excluding hydrogens is 454 g/mol. The van der Waals surface area contributed by atoms with Gasteiger partial charge in [-0.25, -0.2) is 0 Å². The SMILES string of the molecule is N=C1C(=Cc2ccc(-c3ccc([N+](=O)[O-])cc3)o2)C(=O)N=C2SC(CCC3CCCCC3)=NN12. The van der Waals surface area contributed by atoms with Gasteiger partial charge >= 0.3 is 0 Å². The van der Waals surface area contributed by atoms with Crippen LogP contribution in [0.1, 0.15) is 50.7 Å². The number of rotatable bonds is 6. The maximum absolute atomic E-state index is 12.6. The monoisotopic (exact) mass is 477 g/mol. The summed E-state index contributed by atoms with van der Waals surface area (Å²) in [5.74, 6) is 1.09. The van der Waals surface area contributed by atoms with Crippen molar-refractivity contribution in [2.24, 2.45) is 16.0 Å². The van der Waals surface area contributed by atoms with E-state index in [1.54, 1.807) is 24.3 Å². The number of non-ortho nitro benzene ring substituents is 1. The van der Waals surface area contributed by atoms with Crippen molar-refractivity contribution in [3.05, 3.63) is 57.8 Å². The average molecular weight is 478 g/mol. The van der Waals surface area contributed by atoms with E-state index in [0.717, 1.165) is 23.8 Å². The largest absolute Gasteiger partial charge is 0.457 e. The number of nitrogens with one attached hydrogen (secondary N) is 1. The zero-order chi connectivity index (χ0) is 23.7. The van der Waals surface area contributed by atoms with Crippen LogP contribution in [0.25, 0.3) is 17.4 Å². The fraction of sp³-hybridized carbons (Fsp3) is 0.333. The van der Waals surface area contributed by atoms with Gasteiger partial charge < -0.3 is 4.42 Å². The van der Waals surface area contributed by atoms with Gasteiger partial charge in [0.2, 0.25) is 5.17 Å². The maximum atomic E-state index is 12.6. The summed E-state index contributed by atoms with van der Waals surface area (Å²) >= 11 is 1.37. The summed E-state index contributed by atoms with van der Waals surface area (Å²) in [5, 5.41) is 26.7. The lowest BCUT2D eigenvalue weighted by molar-refractivity contribution is -0.384. The van der Waals surface area contributed by atoms with Crippen LogP contribution in [0.5, 0.6) is 0 Å². The van der Waals surface area contributed by atoms with E-state index >= 15 is 0 Å². The normalized spacial score (nSPS) is 19.9. The maximum Gasteiger partial charge on any atom is 0.283 e. The van der Waals surface area contributed by atoms with Gasteiger partial charge in [-0.05, 0) is 60.9 Å². The van der Waals surface area contributed by atoms with E-state index in [9.17, 15) is 14.9 Å². The molecule has 3 aliphatic rings. The lowest BCUT2D eigenvalue weighted by Crippen LogP contribution is -2.35. The van der Waals surface area contributed by atoms with Crippen LogP contribution in [0, 0.1) is 21.4 Å². The Kier molecular flexibility index (Phi) is 6.14. The van der Waals surface area contributed by atoms with Crippen molar-refractivity contribution in [1.82, 2.24) is 5.01 Å². The first kappa shape index (κ1) is 22.3. The molecule has 0 spiro atoms. The van der Waals surface area contributed by atoms with Crippen LogP contribution < -0.4 is 0 Å². The topological polar surface area (TPSA) is 125 Å². The Morgan fingerprint density at radius 3 is 2.68 bits per heavy atom. The highest BCUT2D eigenvalue weighted by atomic mass is 32.2. The van der Waals surface area contributed by atoms with Crippen LogP contribution in [-0.2, 0) is 4.79 Å². The summed E-state index contributed by atoms with van der Waals surface area (Å²) in [6, 6.07) is 9.41. The first-order valence-electron chi connectivity index (χ1n) is 11.3. The van der Waals surface area contributed by atoms with Gasteiger partial charge in [-0.15, -0.1) is 0 Å². The number of nitrogens with zero attached hydrogens (tertiary/aromatic N) is 4. The molecule has 1 saturated carbocycles. The molecule has 1 fully saturated rings. The van der Waals surface area contributed by atoms with Crippen LogP contribution >= 0.6 is 11.8 Å². The molecule has 0 atom stereocenters. The van der Waals surface area contributed by atoms with Crippen molar-refractivity contribution in [1.29, 1.82) is 5.41 Å². The molecule has 9 nitrogen and oxygen atoms in total. The Labute approximate surface area is 200 Å². The van der Waals surface area contributed by atoms with E-state index in [4.69, 9.17) is 9.83 Å². The Balaban J connectivity index is 1.30. The highest BCUT2D eigenvalue weighted by Gasteiger charge is 2.35. The van der Waals surface area contributed by atoms with E-state index in [2.05, 4.69) is 10.1 Å². The molecule has 0 saturated heterocycles. The quantitative estimate of drug-likeness (QED) is 0.317. The minimum Gasteiger partial charge on any atom is -0.457 e. The number of hydrogen-bond acceptors (Lipinski definition) is 7. The second kappa shape index (κ2) is 9.38. The zero-order valence-electron chi connectivity index (χ0n) is 18.4. The van der Waals surface area contributed by atoms with E-state index in [0.29, 0.717) is 22.3 Å². The van der Waals surface area contributed by atoms with Crippen molar-refractivity contribution >= 4 is 45.5 Å². The van der Waals surface area contributed by atoms with Crippen LogP contribution in [0.4, 0.5) is 5.69 Å². The highest BCUT2D eigenvalue weighted by molar-refractivity contribution is 8.26. The number of carbonyl (C=O) groups excluding carboxylic acids is 1. The number of furan rings is 1. The van der Waals surface area contributed by atoms with Crippen LogP contribution in [0.3, 0.4) is 0 Å². The number of amides is 1. The average Bonchev–Trinajstić information content (AvgIpc) is 3.48. The van der Waals surface area contributed by atoms with Gasteiger partial charge in [0.15, 0.2) is 5.84 Å². The Morgan fingerprint density at radius 1 is 1.18 bits per heavy atom. The molecule has 0 radical (unpaired) electrons. The molecule has 34 heavy (non-hydrogen) atoms. The Hall–Kier alpha value is -3.53. The van der Waals surface area contributed by atoms with Crippen molar-refractivity contribution in [2.75, 3.05) is 0 Å². The fourth-order valence-electron chi connectivity index (χ4n) is 4.41. The minimum absolute atomic E-state index is 0.00490. The zero-order valence-corrected chi connectivity index (χ0v) is 19.2. The summed E-state index contributed by atoms with van der Waals surface area (Å²) in [6.45, 7) is 0. The second-order valence-corrected chi connectivity index (χ2v) is 9.60. The van der Waals surface area contributed by atoms with Gasteiger partial charge in [0.05, 0.1) is 10.5 Å². The van der Waals surface area contributed by atoms with Crippen LogP contribution in [0.2, 0.25) is 0 Å². The molecule has 3 heterocycles. The van der Waals surface area contributed by atoms with Crippen molar-refractivity contribution in [3.63, 3.8) is 0 Å². The van der Waals surface area contributed by atoms with Crippen LogP contribution in [-0.4, -0.2) is 31.9 Å². The third-order valence-corrected chi connectivity index (χ3v) is 7.23. The third kappa shape index (κ3) is 4.58. The number of fused-ring (bicyclic) bond motifs is 1. The van der Waals surface area contributed by atoms with E-state index < -0.39 is 10.8 Å².